The summed E-state index contributed by atoms with van der Waals surface area (Å²) in [5.74, 6) is 0. The minimum Gasteiger partial charge on any atom is -0.390 e. The average Bonchev–Trinajstić information content (AvgIpc) is 2.52. The van der Waals surface area contributed by atoms with Gasteiger partial charge < -0.3 is 5.11 Å². The minimum absolute atomic E-state index is 0.377. The van der Waals surface area contributed by atoms with Gasteiger partial charge in [-0.05, 0) is 55.1 Å². The highest BCUT2D eigenvalue weighted by Gasteiger charge is 2.32. The molecule has 0 radical (unpaired) electrons. The van der Waals surface area contributed by atoms with E-state index in [9.17, 15) is 13.5 Å². The van der Waals surface area contributed by atoms with Crippen molar-refractivity contribution < 1.29 is 13.5 Å². The summed E-state index contributed by atoms with van der Waals surface area (Å²) in [7, 11) is -3.44. The van der Waals surface area contributed by atoms with Gasteiger partial charge in [-0.3, -0.25) is 0 Å². The minimum atomic E-state index is -3.44. The summed E-state index contributed by atoms with van der Waals surface area (Å²) in [6.07, 6.45) is 1.82. The molecule has 0 saturated carbocycles. The van der Waals surface area contributed by atoms with Crippen LogP contribution in [0.15, 0.2) is 14.7 Å². The molecule has 2 rings (SSSR count). The zero-order chi connectivity index (χ0) is 14.3. The first kappa shape index (κ1) is 15.4. The molecule has 1 aromatic rings. The summed E-state index contributed by atoms with van der Waals surface area (Å²) in [5.41, 5.74) is -0.755. The normalized spacial score (nSPS) is 26.3. The third-order valence-electron chi connectivity index (χ3n) is 3.48. The molecular weight excluding hydrogens is 350 g/mol. The van der Waals surface area contributed by atoms with Crippen LogP contribution in [-0.2, 0) is 10.0 Å². The summed E-state index contributed by atoms with van der Waals surface area (Å²) in [5, 5.41) is 10.0. The van der Waals surface area contributed by atoms with Gasteiger partial charge in [0.05, 0.1) is 14.3 Å². The average molecular weight is 368 g/mol. The predicted octanol–water partition coefficient (Wildman–Crippen LogP) is 2.74. The van der Waals surface area contributed by atoms with Gasteiger partial charge in [0, 0.05) is 18.0 Å². The van der Waals surface area contributed by atoms with Crippen LogP contribution < -0.4 is 0 Å². The third-order valence-corrected chi connectivity index (χ3v) is 7.19. The summed E-state index contributed by atoms with van der Waals surface area (Å²) in [6, 6.07) is 1.67. The van der Waals surface area contributed by atoms with Crippen LogP contribution in [0.2, 0.25) is 0 Å². The maximum Gasteiger partial charge on any atom is 0.244 e. The number of rotatable bonds is 2. The molecule has 1 N–H and O–H groups in total. The molecule has 1 unspecified atom stereocenters. The largest absolute Gasteiger partial charge is 0.390 e. The van der Waals surface area contributed by atoms with Gasteiger partial charge in [0.1, 0.15) is 0 Å². The standard InChI is InChI=1S/C12H18BrNO3S2/c1-9-10(8-11(13)18-9)19(16,17)14-6-3-4-12(2,15)5-7-14/h8,15H,3-7H2,1-2H3. The summed E-state index contributed by atoms with van der Waals surface area (Å²) < 4.78 is 27.6. The second kappa shape index (κ2) is 5.44. The molecule has 1 aliphatic heterocycles. The maximum atomic E-state index is 12.6. The molecule has 1 aromatic heterocycles. The van der Waals surface area contributed by atoms with Crippen LogP contribution in [0, 0.1) is 6.92 Å². The zero-order valence-electron chi connectivity index (χ0n) is 11.0. The monoisotopic (exact) mass is 367 g/mol. The van der Waals surface area contributed by atoms with E-state index < -0.39 is 15.6 Å². The van der Waals surface area contributed by atoms with Crippen molar-refractivity contribution in [3.8, 4) is 0 Å². The second-order valence-electron chi connectivity index (χ2n) is 5.23. The van der Waals surface area contributed by atoms with Crippen LogP contribution in [0.3, 0.4) is 0 Å². The van der Waals surface area contributed by atoms with Gasteiger partial charge in [0.15, 0.2) is 0 Å². The zero-order valence-corrected chi connectivity index (χ0v) is 14.2. The highest BCUT2D eigenvalue weighted by molar-refractivity contribution is 9.11. The SMILES string of the molecule is Cc1sc(Br)cc1S(=O)(=O)N1CCCC(C)(O)CC1. The van der Waals surface area contributed by atoms with Crippen molar-refractivity contribution in [3.63, 3.8) is 0 Å². The molecule has 1 aliphatic rings. The molecule has 0 spiro atoms. The molecule has 1 fully saturated rings. The number of sulfonamides is 1. The molecule has 1 saturated heterocycles. The van der Waals surface area contributed by atoms with E-state index in [-0.39, 0.29) is 0 Å². The lowest BCUT2D eigenvalue weighted by Crippen LogP contribution is -2.33. The lowest BCUT2D eigenvalue weighted by Gasteiger charge is -2.22. The first-order valence-electron chi connectivity index (χ1n) is 6.21. The summed E-state index contributed by atoms with van der Waals surface area (Å²) in [6.45, 7) is 4.44. The van der Waals surface area contributed by atoms with E-state index in [1.807, 2.05) is 6.92 Å². The van der Waals surface area contributed by atoms with Gasteiger partial charge in [-0.25, -0.2) is 8.42 Å². The Kier molecular flexibility index (Phi) is 4.42. The summed E-state index contributed by atoms with van der Waals surface area (Å²) in [4.78, 5) is 1.17. The van der Waals surface area contributed by atoms with Crippen molar-refractivity contribution in [3.05, 3.63) is 14.7 Å². The quantitative estimate of drug-likeness (QED) is 0.873. The summed E-state index contributed by atoms with van der Waals surface area (Å²) >= 11 is 4.76. The number of aryl methyl sites for hydroxylation is 1. The molecule has 7 heteroatoms. The molecule has 0 amide bonds. The molecule has 19 heavy (non-hydrogen) atoms. The Morgan fingerprint density at radius 3 is 2.68 bits per heavy atom. The number of hydrogen-bond acceptors (Lipinski definition) is 4. The Morgan fingerprint density at radius 1 is 1.42 bits per heavy atom. The van der Waals surface area contributed by atoms with E-state index in [2.05, 4.69) is 15.9 Å². The van der Waals surface area contributed by atoms with E-state index in [1.54, 1.807) is 13.0 Å². The Hall–Kier alpha value is 0.0500. The van der Waals surface area contributed by atoms with Crippen LogP contribution in [-0.4, -0.2) is 36.5 Å². The molecule has 0 aliphatic carbocycles. The van der Waals surface area contributed by atoms with Crippen LogP contribution in [0.4, 0.5) is 0 Å². The van der Waals surface area contributed by atoms with Crippen LogP contribution in [0.5, 0.6) is 0 Å². The molecule has 1 atom stereocenters. The van der Waals surface area contributed by atoms with Gasteiger partial charge in [-0.1, -0.05) is 0 Å². The fraction of sp³-hybridized carbons (Fsp3) is 0.667. The molecule has 0 bridgehead atoms. The third kappa shape index (κ3) is 3.39. The maximum absolute atomic E-state index is 12.6. The number of hydrogen-bond donors (Lipinski definition) is 1. The molecular formula is C12H18BrNO3S2. The number of nitrogens with zero attached hydrogens (tertiary/aromatic N) is 1. The van der Waals surface area contributed by atoms with Crippen molar-refractivity contribution in [2.24, 2.45) is 0 Å². The fourth-order valence-electron chi connectivity index (χ4n) is 2.30. The first-order valence-corrected chi connectivity index (χ1v) is 9.26. The van der Waals surface area contributed by atoms with Crippen molar-refractivity contribution in [1.29, 1.82) is 0 Å². The molecule has 0 aromatic carbocycles. The Labute approximate surface area is 126 Å². The van der Waals surface area contributed by atoms with Gasteiger partial charge in [0.25, 0.3) is 0 Å². The highest BCUT2D eigenvalue weighted by Crippen LogP contribution is 2.33. The number of aliphatic hydroxyl groups is 1. The van der Waals surface area contributed by atoms with Crippen LogP contribution in [0.1, 0.15) is 31.1 Å². The van der Waals surface area contributed by atoms with E-state index in [1.165, 1.54) is 15.6 Å². The lowest BCUT2D eigenvalue weighted by molar-refractivity contribution is 0.0465. The number of halogens is 1. The molecule has 4 nitrogen and oxygen atoms in total. The van der Waals surface area contributed by atoms with Gasteiger partial charge in [-0.15, -0.1) is 11.3 Å². The lowest BCUT2D eigenvalue weighted by atomic mass is 9.98. The topological polar surface area (TPSA) is 57.6 Å². The van der Waals surface area contributed by atoms with Crippen molar-refractivity contribution in [2.45, 2.75) is 43.6 Å². The van der Waals surface area contributed by atoms with Crippen LogP contribution >= 0.6 is 27.3 Å². The van der Waals surface area contributed by atoms with Gasteiger partial charge >= 0.3 is 0 Å². The van der Waals surface area contributed by atoms with Gasteiger partial charge in [-0.2, -0.15) is 4.31 Å². The highest BCUT2D eigenvalue weighted by atomic mass is 79.9. The fourth-order valence-corrected chi connectivity index (χ4v) is 6.17. The molecule has 2 heterocycles. The Bertz CT molecular complexity index is 566. The number of thiophene rings is 1. The predicted molar refractivity (Wildman–Crippen MR) is 80.0 cm³/mol. The smallest absolute Gasteiger partial charge is 0.244 e. The van der Waals surface area contributed by atoms with Crippen molar-refractivity contribution in [2.75, 3.05) is 13.1 Å². The Morgan fingerprint density at radius 2 is 2.11 bits per heavy atom. The van der Waals surface area contributed by atoms with E-state index in [4.69, 9.17) is 0 Å². The first-order chi connectivity index (χ1) is 8.72. The van der Waals surface area contributed by atoms with Gasteiger partial charge in [0.2, 0.25) is 10.0 Å². The van der Waals surface area contributed by atoms with Crippen molar-refractivity contribution >= 4 is 37.3 Å². The second-order valence-corrected chi connectivity index (χ2v) is 9.77. The van der Waals surface area contributed by atoms with E-state index in [0.29, 0.717) is 37.2 Å². The Balaban J connectivity index is 2.28. The van der Waals surface area contributed by atoms with E-state index >= 15 is 0 Å². The van der Waals surface area contributed by atoms with Crippen LogP contribution in [0.25, 0.3) is 0 Å². The van der Waals surface area contributed by atoms with Crippen molar-refractivity contribution in [1.82, 2.24) is 4.31 Å². The van der Waals surface area contributed by atoms with E-state index in [0.717, 1.165) is 8.66 Å². The molecule has 108 valence electrons.